The molecule has 0 unspecified atom stereocenters. The van der Waals surface area contributed by atoms with Crippen LogP contribution in [0.4, 0.5) is 22.4 Å². The minimum atomic E-state index is -2.80. The normalized spacial score (nSPS) is 22.6. The number of aliphatic imine (C=N–C) groups is 1. The molecule has 0 bridgehead atoms. The van der Waals surface area contributed by atoms with Crippen LogP contribution in [-0.4, -0.2) is 66.3 Å². The number of carbonyl (C=O) groups is 2. The Bertz CT molecular complexity index is 1550. The predicted octanol–water partition coefficient (Wildman–Crippen LogP) is 5.45. The smallest absolute Gasteiger partial charge is 0.385 e. The van der Waals surface area contributed by atoms with Crippen LogP contribution in [0.2, 0.25) is 25.7 Å². The Kier molecular flexibility index (Phi) is 10.3. The zero-order chi connectivity index (χ0) is 33.0. The van der Waals surface area contributed by atoms with Crippen molar-refractivity contribution in [1.29, 1.82) is 5.26 Å². The molecule has 2 aliphatic rings. The van der Waals surface area contributed by atoms with Crippen LogP contribution >= 0.6 is 11.8 Å². The Balaban J connectivity index is 1.61. The van der Waals surface area contributed by atoms with E-state index in [4.69, 9.17) is 14.7 Å². The second-order valence-electron chi connectivity index (χ2n) is 11.9. The molecule has 0 spiro atoms. The third kappa shape index (κ3) is 8.27. The van der Waals surface area contributed by atoms with Crippen molar-refractivity contribution < 1.29 is 36.6 Å². The maximum atomic E-state index is 15.3. The molecule has 1 aliphatic carbocycles. The Hall–Kier alpha value is -3.81. The average Bonchev–Trinajstić information content (AvgIpc) is 3.73. The first-order valence-corrected chi connectivity index (χ1v) is 18.5. The number of amides is 2. The number of thioether (sulfide) groups is 1. The molecule has 1 aliphatic heterocycles. The van der Waals surface area contributed by atoms with Gasteiger partial charge in [0.15, 0.2) is 0 Å². The molecule has 2 aromatic rings. The molecule has 2 N–H and O–H groups in total. The number of aromatic nitrogens is 2. The van der Waals surface area contributed by atoms with Gasteiger partial charge < -0.3 is 14.8 Å². The highest BCUT2D eigenvalue weighted by Crippen LogP contribution is 2.66. The summed E-state index contributed by atoms with van der Waals surface area (Å²) in [6, 6.07) is 6.77. The van der Waals surface area contributed by atoms with E-state index in [0.717, 1.165) is 30.1 Å². The van der Waals surface area contributed by atoms with Crippen molar-refractivity contribution in [2.24, 2.45) is 10.9 Å². The van der Waals surface area contributed by atoms with Gasteiger partial charge >= 0.3 is 6.09 Å². The van der Waals surface area contributed by atoms with Gasteiger partial charge in [0, 0.05) is 38.6 Å². The highest BCUT2D eigenvalue weighted by molar-refractivity contribution is 8.15. The minimum Gasteiger partial charge on any atom is -0.385 e. The van der Waals surface area contributed by atoms with Gasteiger partial charge in [-0.1, -0.05) is 19.6 Å². The number of pyridine rings is 2. The van der Waals surface area contributed by atoms with Gasteiger partial charge in [-0.05, 0) is 61.0 Å². The molecule has 0 saturated heterocycles. The second-order valence-corrected chi connectivity index (χ2v) is 18.9. The molecule has 3 heterocycles. The zero-order valence-corrected chi connectivity index (χ0v) is 26.8. The summed E-state index contributed by atoms with van der Waals surface area (Å²) in [4.78, 5) is 37.9. The Morgan fingerprint density at radius 3 is 2.64 bits per heavy atom. The number of hydrogen-bond donors (Lipinski definition) is 2. The third-order valence-electron chi connectivity index (χ3n) is 7.31. The van der Waals surface area contributed by atoms with Gasteiger partial charge in [-0.2, -0.15) is 9.65 Å². The van der Waals surface area contributed by atoms with Crippen LogP contribution in [0.3, 0.4) is 0 Å². The highest BCUT2D eigenvalue weighted by atomic mass is 32.2. The van der Waals surface area contributed by atoms with Crippen molar-refractivity contribution in [3.63, 3.8) is 0 Å². The number of halogens is 4. The lowest BCUT2D eigenvalue weighted by molar-refractivity contribution is -0.122. The number of alkyl carbamates (subject to hydrolysis) is 1. The molecule has 2 amide bonds. The van der Waals surface area contributed by atoms with Crippen LogP contribution in [0, 0.1) is 23.2 Å². The van der Waals surface area contributed by atoms with E-state index in [-0.39, 0.29) is 40.8 Å². The molecule has 45 heavy (non-hydrogen) atoms. The van der Waals surface area contributed by atoms with E-state index in [2.05, 4.69) is 45.2 Å². The monoisotopic (exact) mass is 664 g/mol. The Labute approximate surface area is 262 Å². The summed E-state index contributed by atoms with van der Waals surface area (Å²) in [7, 11) is -1.34. The fourth-order valence-electron chi connectivity index (χ4n) is 4.76. The molecule has 2 aromatic heterocycles. The first-order chi connectivity index (χ1) is 21.2. The number of alkyl halides is 2. The second kappa shape index (κ2) is 13.7. The van der Waals surface area contributed by atoms with Crippen LogP contribution in [0.5, 0.6) is 0 Å². The van der Waals surface area contributed by atoms with E-state index < -0.39 is 61.0 Å². The minimum absolute atomic E-state index is 0.0683. The van der Waals surface area contributed by atoms with Crippen molar-refractivity contribution in [2.45, 2.75) is 55.7 Å². The summed E-state index contributed by atoms with van der Waals surface area (Å²) in [5.41, 5.74) is -1.37. The van der Waals surface area contributed by atoms with Crippen LogP contribution in [0.1, 0.15) is 35.7 Å². The van der Waals surface area contributed by atoms with E-state index >= 15 is 8.78 Å². The maximum absolute atomic E-state index is 15.3. The molecular weight excluding hydrogens is 633 g/mol. The number of nitrogens with one attached hydrogen (secondary N) is 2. The van der Waals surface area contributed by atoms with E-state index in [0.29, 0.717) is 6.61 Å². The standard InChI is InChI=1S/C29H32F4N6O4SSi/c1-28(19-9-18(14-36-24(19)33)10-20(30)21-6-5-17(12-34)13-35-21)22-11-29(22,25(40)37-15-23(31)32)44-27(39-28)43-26(41)38-16-42-7-8-45(2,3)4/h5-6,9-10,13-14,22-23H,7-8,11,15-16H2,1-4H3,(H,37,40)(H,38,41)/b20-10-/t22-,28+,29-/m0/s1. The van der Waals surface area contributed by atoms with Crippen molar-refractivity contribution in [3.8, 4) is 6.07 Å². The molecular formula is C29H32F4N6O4SSi. The summed E-state index contributed by atoms with van der Waals surface area (Å²) in [5.74, 6) is -3.19. The number of fused-ring (bicyclic) bond motifs is 1. The van der Waals surface area contributed by atoms with Crippen LogP contribution in [-0.2, 0) is 19.8 Å². The van der Waals surface area contributed by atoms with E-state index in [1.807, 2.05) is 6.07 Å². The van der Waals surface area contributed by atoms with Gasteiger partial charge in [-0.15, -0.1) is 0 Å². The lowest BCUT2D eigenvalue weighted by Crippen LogP contribution is -2.45. The lowest BCUT2D eigenvalue weighted by atomic mass is 9.86. The van der Waals surface area contributed by atoms with Gasteiger partial charge in [0.1, 0.15) is 23.4 Å². The van der Waals surface area contributed by atoms with Crippen molar-refractivity contribution in [1.82, 2.24) is 20.6 Å². The molecule has 3 atom stereocenters. The quantitative estimate of drug-likeness (QED) is 0.106. The van der Waals surface area contributed by atoms with Crippen molar-refractivity contribution >= 4 is 49.0 Å². The molecule has 0 aromatic carbocycles. The predicted molar refractivity (Wildman–Crippen MR) is 163 cm³/mol. The molecule has 0 radical (unpaired) electrons. The summed E-state index contributed by atoms with van der Waals surface area (Å²) < 4.78 is 65.7. The molecule has 1 saturated carbocycles. The summed E-state index contributed by atoms with van der Waals surface area (Å²) in [5, 5.41) is 13.3. The summed E-state index contributed by atoms with van der Waals surface area (Å²) in [6.07, 6.45) is -0.276. The SMILES string of the molecule is C[C@]1(c2cc(/C=C(\F)c3ccc(C#N)cn3)cnc2F)N=C(OC(=O)NCOCC[Si](C)(C)C)S[C@@]2(C(=O)NCC(F)F)C[C@H]21. The summed E-state index contributed by atoms with van der Waals surface area (Å²) in [6.45, 7) is 7.45. The largest absolute Gasteiger partial charge is 0.416 e. The Morgan fingerprint density at radius 1 is 1.24 bits per heavy atom. The first-order valence-electron chi connectivity index (χ1n) is 14.0. The summed E-state index contributed by atoms with van der Waals surface area (Å²) >= 11 is 0.790. The first kappa shape index (κ1) is 34.1. The molecule has 4 rings (SSSR count). The van der Waals surface area contributed by atoms with Crippen molar-refractivity contribution in [3.05, 3.63) is 58.9 Å². The molecule has 240 valence electrons. The number of carbonyl (C=O) groups excluding carboxylic acids is 2. The lowest BCUT2D eigenvalue weighted by Gasteiger charge is -2.33. The van der Waals surface area contributed by atoms with Gasteiger partial charge in [0.2, 0.25) is 11.9 Å². The number of nitriles is 1. The van der Waals surface area contributed by atoms with Crippen LogP contribution < -0.4 is 10.6 Å². The average molecular weight is 665 g/mol. The topological polar surface area (TPSA) is 139 Å². The number of hydrogen-bond acceptors (Lipinski definition) is 9. The number of rotatable bonds is 11. The maximum Gasteiger partial charge on any atom is 0.416 e. The van der Waals surface area contributed by atoms with E-state index in [9.17, 15) is 18.4 Å². The third-order valence-corrected chi connectivity index (χ3v) is 10.4. The van der Waals surface area contributed by atoms with E-state index in [1.165, 1.54) is 31.3 Å². The Morgan fingerprint density at radius 2 is 2.00 bits per heavy atom. The number of ether oxygens (including phenoxy) is 2. The van der Waals surface area contributed by atoms with Crippen molar-refractivity contribution in [2.75, 3.05) is 19.9 Å². The van der Waals surface area contributed by atoms with Gasteiger partial charge in [0.05, 0.1) is 23.3 Å². The molecule has 1 fully saturated rings. The number of nitrogens with zero attached hydrogens (tertiary/aromatic N) is 4. The van der Waals surface area contributed by atoms with Crippen LogP contribution in [0.25, 0.3) is 11.9 Å². The molecule has 16 heteroatoms. The fraction of sp³-hybridized carbons (Fsp3) is 0.448. The van der Waals surface area contributed by atoms with Crippen LogP contribution in [0.15, 0.2) is 35.6 Å². The molecule has 10 nitrogen and oxygen atoms in total. The van der Waals surface area contributed by atoms with Gasteiger partial charge in [-0.25, -0.2) is 27.9 Å². The zero-order valence-electron chi connectivity index (χ0n) is 25.0. The highest BCUT2D eigenvalue weighted by Gasteiger charge is 2.71. The van der Waals surface area contributed by atoms with E-state index in [1.54, 1.807) is 0 Å². The van der Waals surface area contributed by atoms with Gasteiger partial charge in [0.25, 0.3) is 11.7 Å². The fourth-order valence-corrected chi connectivity index (χ4v) is 6.97. The van der Waals surface area contributed by atoms with Gasteiger partial charge in [-0.3, -0.25) is 15.1 Å².